The summed E-state index contributed by atoms with van der Waals surface area (Å²) >= 11 is 2.12. The summed E-state index contributed by atoms with van der Waals surface area (Å²) < 4.78 is 0. The predicted octanol–water partition coefficient (Wildman–Crippen LogP) is 3.52. The molecule has 0 saturated heterocycles. The fraction of sp³-hybridized carbons (Fsp3) is 0.625. The van der Waals surface area contributed by atoms with Crippen molar-refractivity contribution in [1.82, 2.24) is 5.32 Å². The van der Waals surface area contributed by atoms with E-state index >= 15 is 0 Å². The highest BCUT2D eigenvalue weighted by molar-refractivity contribution is 7.99. The van der Waals surface area contributed by atoms with Crippen molar-refractivity contribution in [1.29, 1.82) is 0 Å². The molecule has 1 N–H and O–H groups in total. The molecular formula is C16H26N2S. The van der Waals surface area contributed by atoms with E-state index in [0.717, 1.165) is 11.8 Å². The quantitative estimate of drug-likeness (QED) is 0.857. The van der Waals surface area contributed by atoms with Gasteiger partial charge in [0.15, 0.2) is 0 Å². The van der Waals surface area contributed by atoms with Crippen LogP contribution in [0.5, 0.6) is 0 Å². The second-order valence-electron chi connectivity index (χ2n) is 5.47. The molecule has 2 nitrogen and oxygen atoms in total. The van der Waals surface area contributed by atoms with Gasteiger partial charge in [-0.05, 0) is 36.3 Å². The lowest BCUT2D eigenvalue weighted by atomic mass is 10.1. The van der Waals surface area contributed by atoms with Crippen LogP contribution >= 0.6 is 11.8 Å². The molecule has 0 amide bonds. The molecule has 2 rings (SSSR count). The maximum Gasteiger partial charge on any atom is 0.0361 e. The summed E-state index contributed by atoms with van der Waals surface area (Å²) in [6.07, 6.45) is 4.11. The lowest BCUT2D eigenvalue weighted by Crippen LogP contribution is -2.33. The highest BCUT2D eigenvalue weighted by Crippen LogP contribution is 2.30. The molecule has 1 aromatic rings. The monoisotopic (exact) mass is 278 g/mol. The van der Waals surface area contributed by atoms with Crippen LogP contribution in [0.2, 0.25) is 0 Å². The Bertz CT molecular complexity index is 375. The van der Waals surface area contributed by atoms with E-state index in [4.69, 9.17) is 0 Å². The van der Waals surface area contributed by atoms with Crippen LogP contribution in [0.4, 0.5) is 5.69 Å². The van der Waals surface area contributed by atoms with Crippen LogP contribution in [0.15, 0.2) is 24.3 Å². The van der Waals surface area contributed by atoms with Crippen molar-refractivity contribution in [2.75, 3.05) is 24.7 Å². The first-order valence-corrected chi connectivity index (χ1v) is 8.37. The van der Waals surface area contributed by atoms with Crippen LogP contribution in [0.1, 0.15) is 31.7 Å². The fourth-order valence-corrected chi connectivity index (χ4v) is 3.96. The molecule has 1 saturated carbocycles. The summed E-state index contributed by atoms with van der Waals surface area (Å²) in [6.45, 7) is 3.26. The van der Waals surface area contributed by atoms with Crippen LogP contribution in [-0.4, -0.2) is 31.1 Å². The SMILES string of the molecule is CCSC1CCCC1NCc1ccc(N(C)C)cc1. The smallest absolute Gasteiger partial charge is 0.0361 e. The number of nitrogens with one attached hydrogen (secondary N) is 1. The van der Waals surface area contributed by atoms with E-state index in [0.29, 0.717) is 6.04 Å². The summed E-state index contributed by atoms with van der Waals surface area (Å²) in [5, 5.41) is 4.57. The Morgan fingerprint density at radius 3 is 2.58 bits per heavy atom. The predicted molar refractivity (Wildman–Crippen MR) is 87.2 cm³/mol. The molecule has 1 aliphatic rings. The molecule has 1 aromatic carbocycles. The third-order valence-corrected chi connectivity index (χ3v) is 5.18. The van der Waals surface area contributed by atoms with Gasteiger partial charge in [-0.3, -0.25) is 0 Å². The highest BCUT2D eigenvalue weighted by Gasteiger charge is 2.26. The summed E-state index contributed by atoms with van der Waals surface area (Å²) in [5.41, 5.74) is 2.65. The summed E-state index contributed by atoms with van der Waals surface area (Å²) in [4.78, 5) is 2.14. The van der Waals surface area contributed by atoms with Gasteiger partial charge in [0, 0.05) is 37.6 Å². The summed E-state index contributed by atoms with van der Waals surface area (Å²) in [6, 6.07) is 9.57. The van der Waals surface area contributed by atoms with Gasteiger partial charge in [-0.2, -0.15) is 11.8 Å². The van der Waals surface area contributed by atoms with Crippen LogP contribution in [0, 0.1) is 0 Å². The molecule has 0 bridgehead atoms. The Morgan fingerprint density at radius 2 is 1.95 bits per heavy atom. The van der Waals surface area contributed by atoms with Crippen molar-refractivity contribution in [3.8, 4) is 0 Å². The van der Waals surface area contributed by atoms with Crippen molar-refractivity contribution in [3.63, 3.8) is 0 Å². The molecule has 19 heavy (non-hydrogen) atoms. The number of anilines is 1. The van der Waals surface area contributed by atoms with Gasteiger partial charge in [-0.25, -0.2) is 0 Å². The number of rotatable bonds is 6. The maximum absolute atomic E-state index is 3.75. The van der Waals surface area contributed by atoms with E-state index in [2.05, 4.69) is 67.3 Å². The minimum atomic E-state index is 0.707. The van der Waals surface area contributed by atoms with Gasteiger partial charge in [0.2, 0.25) is 0 Å². The van der Waals surface area contributed by atoms with Gasteiger partial charge in [-0.15, -0.1) is 0 Å². The van der Waals surface area contributed by atoms with Gasteiger partial charge >= 0.3 is 0 Å². The molecule has 0 heterocycles. The van der Waals surface area contributed by atoms with Crippen molar-refractivity contribution >= 4 is 17.4 Å². The Kier molecular flexibility index (Phi) is 5.59. The minimum absolute atomic E-state index is 0.707. The van der Waals surface area contributed by atoms with Crippen molar-refractivity contribution in [2.24, 2.45) is 0 Å². The second-order valence-corrected chi connectivity index (χ2v) is 6.99. The fourth-order valence-electron chi connectivity index (χ4n) is 2.73. The molecule has 0 spiro atoms. The average Bonchev–Trinajstić information content (AvgIpc) is 2.85. The topological polar surface area (TPSA) is 15.3 Å². The van der Waals surface area contributed by atoms with Crippen LogP contribution in [0.3, 0.4) is 0 Å². The number of nitrogens with zero attached hydrogens (tertiary/aromatic N) is 1. The van der Waals surface area contributed by atoms with Crippen molar-refractivity contribution < 1.29 is 0 Å². The number of benzene rings is 1. The number of hydrogen-bond donors (Lipinski definition) is 1. The van der Waals surface area contributed by atoms with Crippen LogP contribution < -0.4 is 10.2 Å². The van der Waals surface area contributed by atoms with Crippen LogP contribution in [0.25, 0.3) is 0 Å². The van der Waals surface area contributed by atoms with E-state index in [1.165, 1.54) is 36.3 Å². The third kappa shape index (κ3) is 4.15. The van der Waals surface area contributed by atoms with Crippen LogP contribution in [-0.2, 0) is 6.54 Å². The first-order valence-electron chi connectivity index (χ1n) is 7.32. The van der Waals surface area contributed by atoms with Gasteiger partial charge in [0.1, 0.15) is 0 Å². The first kappa shape index (κ1) is 14.7. The van der Waals surface area contributed by atoms with E-state index in [9.17, 15) is 0 Å². The average molecular weight is 278 g/mol. The molecular weight excluding hydrogens is 252 g/mol. The van der Waals surface area contributed by atoms with Crippen molar-refractivity contribution in [3.05, 3.63) is 29.8 Å². The van der Waals surface area contributed by atoms with Gasteiger partial charge in [-0.1, -0.05) is 25.5 Å². The second kappa shape index (κ2) is 7.20. The first-order chi connectivity index (χ1) is 9.20. The Balaban J connectivity index is 1.84. The number of thioether (sulfide) groups is 1. The molecule has 1 aliphatic carbocycles. The van der Waals surface area contributed by atoms with Gasteiger partial charge < -0.3 is 10.2 Å². The molecule has 2 unspecified atom stereocenters. The normalized spacial score (nSPS) is 22.7. The Morgan fingerprint density at radius 1 is 1.21 bits per heavy atom. The van der Waals surface area contributed by atoms with E-state index in [1.54, 1.807) is 0 Å². The van der Waals surface area contributed by atoms with E-state index in [-0.39, 0.29) is 0 Å². The molecule has 1 fully saturated rings. The molecule has 0 aliphatic heterocycles. The Hall–Kier alpha value is -0.670. The Labute approximate surface area is 122 Å². The molecule has 0 aromatic heterocycles. The molecule has 106 valence electrons. The maximum atomic E-state index is 3.75. The zero-order chi connectivity index (χ0) is 13.7. The molecule has 3 heteroatoms. The third-order valence-electron chi connectivity index (χ3n) is 3.85. The standard InChI is InChI=1S/C16H26N2S/c1-4-19-16-7-5-6-15(16)17-12-13-8-10-14(11-9-13)18(2)3/h8-11,15-17H,4-7,12H2,1-3H3. The lowest BCUT2D eigenvalue weighted by Gasteiger charge is -2.20. The molecule has 2 atom stereocenters. The zero-order valence-corrected chi connectivity index (χ0v) is 13.2. The van der Waals surface area contributed by atoms with Gasteiger partial charge in [0.05, 0.1) is 0 Å². The summed E-state index contributed by atoms with van der Waals surface area (Å²) in [7, 11) is 4.16. The van der Waals surface area contributed by atoms with Crippen molar-refractivity contribution in [2.45, 2.75) is 44.0 Å². The largest absolute Gasteiger partial charge is 0.378 e. The van der Waals surface area contributed by atoms with E-state index < -0.39 is 0 Å². The molecule has 0 radical (unpaired) electrons. The number of hydrogen-bond acceptors (Lipinski definition) is 3. The lowest BCUT2D eigenvalue weighted by molar-refractivity contribution is 0.532. The van der Waals surface area contributed by atoms with Gasteiger partial charge in [0.25, 0.3) is 0 Å². The summed E-state index contributed by atoms with van der Waals surface area (Å²) in [5.74, 6) is 1.24. The highest BCUT2D eigenvalue weighted by atomic mass is 32.2. The zero-order valence-electron chi connectivity index (χ0n) is 12.4. The minimum Gasteiger partial charge on any atom is -0.378 e. The van der Waals surface area contributed by atoms with E-state index in [1.807, 2.05) is 0 Å².